The van der Waals surface area contributed by atoms with Crippen LogP contribution < -0.4 is 4.72 Å². The van der Waals surface area contributed by atoms with Crippen LogP contribution in [0.4, 0.5) is 13.2 Å². The van der Waals surface area contributed by atoms with Crippen molar-refractivity contribution in [2.24, 2.45) is 5.92 Å². The van der Waals surface area contributed by atoms with Gasteiger partial charge in [0.2, 0.25) is 10.0 Å². The minimum Gasteiger partial charge on any atom is -0.213 e. The molecule has 1 rings (SSSR count). The third-order valence-electron chi connectivity index (χ3n) is 2.58. The molecule has 1 unspecified atom stereocenters. The van der Waals surface area contributed by atoms with Crippen molar-refractivity contribution in [1.29, 1.82) is 0 Å². The fourth-order valence-electron chi connectivity index (χ4n) is 1.73. The molecule has 7 heteroatoms. The van der Waals surface area contributed by atoms with E-state index in [1.54, 1.807) is 13.8 Å². The van der Waals surface area contributed by atoms with Crippen molar-refractivity contribution in [3.05, 3.63) is 35.4 Å². The molecule has 0 fully saturated rings. The quantitative estimate of drug-likeness (QED) is 0.928. The lowest BCUT2D eigenvalue weighted by molar-refractivity contribution is -0.137. The summed E-state index contributed by atoms with van der Waals surface area (Å²) in [5.74, 6) is -0.168. The summed E-state index contributed by atoms with van der Waals surface area (Å²) in [5.41, 5.74) is -0.485. The third-order valence-corrected chi connectivity index (χ3v) is 3.26. The number of alkyl halides is 3. The summed E-state index contributed by atoms with van der Waals surface area (Å²) in [4.78, 5) is 0. The molecule has 0 spiro atoms. The Hall–Kier alpha value is -1.08. The molecule has 1 aromatic rings. The van der Waals surface area contributed by atoms with Crippen LogP contribution in [0.15, 0.2) is 24.3 Å². The average Bonchev–Trinajstić information content (AvgIpc) is 2.23. The molecule has 0 heterocycles. The number of benzene rings is 1. The van der Waals surface area contributed by atoms with Gasteiger partial charge < -0.3 is 0 Å². The largest absolute Gasteiger partial charge is 0.416 e. The zero-order chi connectivity index (χ0) is 14.8. The summed E-state index contributed by atoms with van der Waals surface area (Å²) in [6.07, 6.45) is -3.46. The maximum atomic E-state index is 12.6. The minimum absolute atomic E-state index is 0.168. The molecule has 0 saturated heterocycles. The highest BCUT2D eigenvalue weighted by molar-refractivity contribution is 7.88. The standard InChI is InChI=1S/C12H16F3NO2S/c1-8(2)11(16-19(3,17)18)9-5-4-6-10(7-9)12(13,14)15/h4-8,11,16H,1-3H3. The van der Waals surface area contributed by atoms with Crippen LogP contribution >= 0.6 is 0 Å². The van der Waals surface area contributed by atoms with Crippen LogP contribution in [-0.2, 0) is 16.2 Å². The second kappa shape index (κ2) is 5.50. The number of halogens is 3. The number of nitrogens with one attached hydrogen (secondary N) is 1. The van der Waals surface area contributed by atoms with Crippen molar-refractivity contribution >= 4 is 10.0 Å². The lowest BCUT2D eigenvalue weighted by Crippen LogP contribution is -2.31. The zero-order valence-electron chi connectivity index (χ0n) is 10.8. The van der Waals surface area contributed by atoms with E-state index in [0.29, 0.717) is 5.56 Å². The number of hydrogen-bond acceptors (Lipinski definition) is 2. The van der Waals surface area contributed by atoms with Gasteiger partial charge in [0.25, 0.3) is 0 Å². The van der Waals surface area contributed by atoms with Crippen LogP contribution in [0.1, 0.15) is 31.0 Å². The van der Waals surface area contributed by atoms with Crippen LogP contribution in [-0.4, -0.2) is 14.7 Å². The van der Waals surface area contributed by atoms with Crippen molar-refractivity contribution in [2.45, 2.75) is 26.1 Å². The molecule has 108 valence electrons. The van der Waals surface area contributed by atoms with Gasteiger partial charge in [-0.05, 0) is 23.6 Å². The van der Waals surface area contributed by atoms with E-state index in [1.165, 1.54) is 12.1 Å². The Bertz CT molecular complexity index is 538. The van der Waals surface area contributed by atoms with Gasteiger partial charge in [0, 0.05) is 6.04 Å². The first-order chi connectivity index (χ1) is 8.50. The Morgan fingerprint density at radius 1 is 1.21 bits per heavy atom. The monoisotopic (exact) mass is 295 g/mol. The van der Waals surface area contributed by atoms with Crippen molar-refractivity contribution in [2.75, 3.05) is 6.26 Å². The van der Waals surface area contributed by atoms with E-state index in [0.717, 1.165) is 18.4 Å². The molecule has 0 aromatic heterocycles. The van der Waals surface area contributed by atoms with E-state index < -0.39 is 27.8 Å². The third kappa shape index (κ3) is 4.83. The molecule has 19 heavy (non-hydrogen) atoms. The van der Waals surface area contributed by atoms with E-state index >= 15 is 0 Å². The van der Waals surface area contributed by atoms with Crippen LogP contribution in [0, 0.1) is 5.92 Å². The first kappa shape index (κ1) is 16.0. The van der Waals surface area contributed by atoms with Crippen LogP contribution in [0.3, 0.4) is 0 Å². The summed E-state index contributed by atoms with van der Waals surface area (Å²) in [5, 5.41) is 0. The van der Waals surface area contributed by atoms with Gasteiger partial charge >= 0.3 is 6.18 Å². The first-order valence-electron chi connectivity index (χ1n) is 5.65. The maximum Gasteiger partial charge on any atom is 0.416 e. The Morgan fingerprint density at radius 3 is 2.21 bits per heavy atom. The van der Waals surface area contributed by atoms with Gasteiger partial charge in [-0.2, -0.15) is 13.2 Å². The lowest BCUT2D eigenvalue weighted by Gasteiger charge is -2.22. The van der Waals surface area contributed by atoms with Crippen LogP contribution in [0.5, 0.6) is 0 Å². The summed E-state index contributed by atoms with van der Waals surface area (Å²) in [6.45, 7) is 3.48. The molecule has 0 radical (unpaired) electrons. The van der Waals surface area contributed by atoms with E-state index in [2.05, 4.69) is 4.72 Å². The lowest BCUT2D eigenvalue weighted by atomic mass is 9.95. The fraction of sp³-hybridized carbons (Fsp3) is 0.500. The van der Waals surface area contributed by atoms with Gasteiger partial charge in [0.1, 0.15) is 0 Å². The SMILES string of the molecule is CC(C)C(NS(C)(=O)=O)c1cccc(C(F)(F)F)c1. The van der Waals surface area contributed by atoms with Gasteiger partial charge in [-0.25, -0.2) is 13.1 Å². The maximum absolute atomic E-state index is 12.6. The second-order valence-corrected chi connectivity index (χ2v) is 6.51. The molecule has 1 aromatic carbocycles. The van der Waals surface area contributed by atoms with Gasteiger partial charge in [0.15, 0.2) is 0 Å². The molecule has 0 aliphatic rings. The average molecular weight is 295 g/mol. The molecular weight excluding hydrogens is 279 g/mol. The van der Waals surface area contributed by atoms with Gasteiger partial charge in [0.05, 0.1) is 11.8 Å². The summed E-state index contributed by atoms with van der Waals surface area (Å²) in [6, 6.07) is 4.01. The summed E-state index contributed by atoms with van der Waals surface area (Å²) >= 11 is 0. The van der Waals surface area contributed by atoms with Gasteiger partial charge in [-0.3, -0.25) is 0 Å². The Balaban J connectivity index is 3.18. The molecule has 3 nitrogen and oxygen atoms in total. The molecule has 0 aliphatic carbocycles. The first-order valence-corrected chi connectivity index (χ1v) is 7.54. The van der Waals surface area contributed by atoms with Crippen LogP contribution in [0.2, 0.25) is 0 Å². The molecule has 1 N–H and O–H groups in total. The Labute approximate surface area is 110 Å². The highest BCUT2D eigenvalue weighted by Crippen LogP contribution is 2.32. The second-order valence-electron chi connectivity index (χ2n) is 4.73. The molecule has 0 bridgehead atoms. The van der Waals surface area contributed by atoms with Crippen molar-refractivity contribution in [1.82, 2.24) is 4.72 Å². The molecule has 0 saturated carbocycles. The predicted molar refractivity (Wildman–Crippen MR) is 67.0 cm³/mol. The molecular formula is C12H16F3NO2S. The van der Waals surface area contributed by atoms with E-state index in [9.17, 15) is 21.6 Å². The topological polar surface area (TPSA) is 46.2 Å². The summed E-state index contributed by atoms with van der Waals surface area (Å²) in [7, 11) is -3.50. The van der Waals surface area contributed by atoms with Crippen molar-refractivity contribution < 1.29 is 21.6 Å². The van der Waals surface area contributed by atoms with Crippen molar-refractivity contribution in [3.63, 3.8) is 0 Å². The zero-order valence-corrected chi connectivity index (χ0v) is 11.6. The highest BCUT2D eigenvalue weighted by Gasteiger charge is 2.31. The number of rotatable bonds is 4. The van der Waals surface area contributed by atoms with Gasteiger partial charge in [-0.1, -0.05) is 26.0 Å². The van der Waals surface area contributed by atoms with Gasteiger partial charge in [-0.15, -0.1) is 0 Å². The van der Waals surface area contributed by atoms with Crippen molar-refractivity contribution in [3.8, 4) is 0 Å². The van der Waals surface area contributed by atoms with Crippen LogP contribution in [0.25, 0.3) is 0 Å². The highest BCUT2D eigenvalue weighted by atomic mass is 32.2. The normalized spacial score (nSPS) is 14.7. The minimum atomic E-state index is -4.44. The number of hydrogen-bond donors (Lipinski definition) is 1. The molecule has 1 atom stereocenters. The van der Waals surface area contributed by atoms with E-state index in [4.69, 9.17) is 0 Å². The van der Waals surface area contributed by atoms with E-state index in [1.807, 2.05) is 0 Å². The smallest absolute Gasteiger partial charge is 0.213 e. The predicted octanol–water partition coefficient (Wildman–Crippen LogP) is 2.95. The Morgan fingerprint density at radius 2 is 1.79 bits per heavy atom. The molecule has 0 amide bonds. The fourth-order valence-corrected chi connectivity index (χ4v) is 2.60. The Kier molecular flexibility index (Phi) is 4.63. The van der Waals surface area contributed by atoms with E-state index in [-0.39, 0.29) is 5.92 Å². The molecule has 0 aliphatic heterocycles. The number of sulfonamides is 1. The summed E-state index contributed by atoms with van der Waals surface area (Å²) < 4.78 is 62.8.